The van der Waals surface area contributed by atoms with E-state index < -0.39 is 34.7 Å². The molecule has 0 unspecified atom stereocenters. The number of anilines is 1. The smallest absolute Gasteiger partial charge is 0.296 e. The number of nitrogens with one attached hydrogen (secondary N) is 1. The van der Waals surface area contributed by atoms with Crippen LogP contribution in [0.5, 0.6) is 5.75 Å². The summed E-state index contributed by atoms with van der Waals surface area (Å²) in [5, 5.41) is 26.0. The van der Waals surface area contributed by atoms with E-state index in [1.54, 1.807) is 12.1 Å². The highest BCUT2D eigenvalue weighted by Crippen LogP contribution is 2.38. The predicted octanol–water partition coefficient (Wildman–Crippen LogP) is 2.93. The van der Waals surface area contributed by atoms with E-state index in [4.69, 9.17) is 4.52 Å². The number of hydrogen-bond donors (Lipinski definition) is 2. The highest BCUT2D eigenvalue weighted by molar-refractivity contribution is 6.04. The number of amides is 1. The van der Waals surface area contributed by atoms with Gasteiger partial charge in [0.1, 0.15) is 29.5 Å². The summed E-state index contributed by atoms with van der Waals surface area (Å²) in [5.74, 6) is -2.22. The first kappa shape index (κ1) is 22.4. The van der Waals surface area contributed by atoms with Gasteiger partial charge in [-0.1, -0.05) is 48.5 Å². The molecule has 3 heterocycles. The Hall–Kier alpha value is -4.78. The average molecular weight is 456 g/mol. The summed E-state index contributed by atoms with van der Waals surface area (Å²) in [6.07, 6.45) is 4.02. The lowest BCUT2D eigenvalue weighted by Gasteiger charge is -2.26. The van der Waals surface area contributed by atoms with Gasteiger partial charge in [0.2, 0.25) is 5.75 Å². The van der Waals surface area contributed by atoms with Gasteiger partial charge in [0.15, 0.2) is 5.69 Å². The molecule has 1 aromatic carbocycles. The van der Waals surface area contributed by atoms with Crippen LogP contribution in [0.2, 0.25) is 0 Å². The molecule has 2 N–H and O–H groups in total. The number of aromatic hydroxyl groups is 1. The molecule has 10 nitrogen and oxygen atoms in total. The van der Waals surface area contributed by atoms with Crippen LogP contribution >= 0.6 is 0 Å². The fourth-order valence-electron chi connectivity index (χ4n) is 3.94. The molecule has 3 aromatic heterocycles. The topological polar surface area (TPSA) is 147 Å². The van der Waals surface area contributed by atoms with E-state index in [0.717, 1.165) is 5.56 Å². The van der Waals surface area contributed by atoms with Gasteiger partial charge in [0.25, 0.3) is 11.5 Å². The van der Waals surface area contributed by atoms with Crippen molar-refractivity contribution in [2.24, 2.45) is 7.05 Å². The number of aromatic nitrogens is 4. The van der Waals surface area contributed by atoms with Crippen LogP contribution in [0.3, 0.4) is 0 Å². The van der Waals surface area contributed by atoms with Crippen molar-refractivity contribution < 1.29 is 14.4 Å². The summed E-state index contributed by atoms with van der Waals surface area (Å²) in [5.41, 5.74) is 0.823. The number of nitrogens with zero attached hydrogens (tertiary/aromatic N) is 5. The largest absolute Gasteiger partial charge is 0.501 e. The fraction of sp³-hybridized carbons (Fsp3) is 0.167. The molecule has 0 saturated heterocycles. The summed E-state index contributed by atoms with van der Waals surface area (Å²) in [6.45, 7) is 1.84. The van der Waals surface area contributed by atoms with Crippen LogP contribution in [0, 0.1) is 11.3 Å². The molecule has 0 aliphatic heterocycles. The van der Waals surface area contributed by atoms with Gasteiger partial charge in [-0.2, -0.15) is 5.26 Å². The van der Waals surface area contributed by atoms with E-state index in [9.17, 15) is 20.0 Å². The van der Waals surface area contributed by atoms with E-state index in [1.807, 2.05) is 37.3 Å². The van der Waals surface area contributed by atoms with Crippen molar-refractivity contribution in [2.45, 2.75) is 18.8 Å². The maximum absolute atomic E-state index is 12.8. The van der Waals surface area contributed by atoms with Crippen molar-refractivity contribution in [3.05, 3.63) is 99.8 Å². The molecule has 1 amide bonds. The summed E-state index contributed by atoms with van der Waals surface area (Å²) < 4.78 is 5.89. The SMILES string of the molecule is C[C@@H](c1nc(C(=O)Nc2cnoc2)c(O)c(=O)n1C)[C@H](c1ccccc1)c1cccnc1C#N. The van der Waals surface area contributed by atoms with Crippen LogP contribution < -0.4 is 10.9 Å². The Bertz CT molecular complexity index is 1420. The predicted molar refractivity (Wildman–Crippen MR) is 121 cm³/mol. The molecule has 4 aromatic rings. The maximum Gasteiger partial charge on any atom is 0.296 e. The Morgan fingerprint density at radius 2 is 2.00 bits per heavy atom. The second-order valence-corrected chi connectivity index (χ2v) is 7.63. The zero-order valence-corrected chi connectivity index (χ0v) is 18.3. The van der Waals surface area contributed by atoms with E-state index >= 15 is 0 Å². The van der Waals surface area contributed by atoms with Gasteiger partial charge in [-0.25, -0.2) is 9.97 Å². The lowest BCUT2D eigenvalue weighted by molar-refractivity contribution is 0.101. The van der Waals surface area contributed by atoms with Crippen molar-refractivity contribution in [3.8, 4) is 11.8 Å². The number of rotatable bonds is 6. The van der Waals surface area contributed by atoms with Gasteiger partial charge < -0.3 is 14.9 Å². The highest BCUT2D eigenvalue weighted by Gasteiger charge is 2.30. The maximum atomic E-state index is 12.8. The Morgan fingerprint density at radius 3 is 2.68 bits per heavy atom. The summed E-state index contributed by atoms with van der Waals surface area (Å²) >= 11 is 0. The van der Waals surface area contributed by atoms with Crippen LogP contribution in [-0.4, -0.2) is 30.7 Å². The highest BCUT2D eigenvalue weighted by atomic mass is 16.5. The number of carbonyl (C=O) groups excluding carboxylic acids is 1. The molecule has 0 spiro atoms. The van der Waals surface area contributed by atoms with Gasteiger partial charge in [-0.05, 0) is 17.2 Å². The lowest BCUT2D eigenvalue weighted by Crippen LogP contribution is -2.29. The second kappa shape index (κ2) is 9.38. The van der Waals surface area contributed by atoms with Crippen LogP contribution in [0.1, 0.15) is 51.9 Å². The van der Waals surface area contributed by atoms with Crippen LogP contribution in [-0.2, 0) is 7.05 Å². The van der Waals surface area contributed by atoms with Crippen LogP contribution in [0.4, 0.5) is 5.69 Å². The third-order valence-electron chi connectivity index (χ3n) is 5.55. The van der Waals surface area contributed by atoms with Gasteiger partial charge in [0.05, 0.1) is 6.20 Å². The lowest BCUT2D eigenvalue weighted by atomic mass is 9.80. The van der Waals surface area contributed by atoms with E-state index in [-0.39, 0.29) is 17.2 Å². The van der Waals surface area contributed by atoms with Gasteiger partial charge in [-0.15, -0.1) is 0 Å². The standard InChI is InChI=1S/C24H20N6O4/c1-14(19(15-7-4-3-5-8-15)17-9-6-10-26-18(17)11-25)22-29-20(21(31)24(33)30(22)2)23(32)28-16-12-27-34-13-16/h3-10,12-14,19,31H,1-2H3,(H,28,32)/t14-,19-/m1/s1. The Kier molecular flexibility index (Phi) is 6.18. The van der Waals surface area contributed by atoms with E-state index in [1.165, 1.54) is 30.3 Å². The number of carbonyl (C=O) groups is 1. The number of benzene rings is 1. The molecule has 170 valence electrons. The minimum atomic E-state index is -0.790. The molecule has 34 heavy (non-hydrogen) atoms. The van der Waals surface area contributed by atoms with Crippen molar-refractivity contribution in [3.63, 3.8) is 0 Å². The molecule has 0 aliphatic rings. The normalized spacial score (nSPS) is 12.5. The van der Waals surface area contributed by atoms with Gasteiger partial charge in [-0.3, -0.25) is 14.2 Å². The molecule has 2 atom stereocenters. The van der Waals surface area contributed by atoms with Crippen LogP contribution in [0.25, 0.3) is 0 Å². The fourth-order valence-corrected chi connectivity index (χ4v) is 3.94. The second-order valence-electron chi connectivity index (χ2n) is 7.63. The average Bonchev–Trinajstić information content (AvgIpc) is 3.36. The molecular weight excluding hydrogens is 436 g/mol. The van der Waals surface area contributed by atoms with Gasteiger partial charge >= 0.3 is 0 Å². The van der Waals surface area contributed by atoms with Gasteiger partial charge in [0, 0.05) is 25.1 Å². The zero-order chi connectivity index (χ0) is 24.2. The molecule has 0 aliphatic carbocycles. The summed E-state index contributed by atoms with van der Waals surface area (Å²) in [6, 6.07) is 15.1. The molecule has 0 radical (unpaired) electrons. The summed E-state index contributed by atoms with van der Waals surface area (Å²) in [4.78, 5) is 34.2. The molecular formula is C24H20N6O4. The number of pyridine rings is 1. The van der Waals surface area contributed by atoms with E-state index in [0.29, 0.717) is 5.56 Å². The quantitative estimate of drug-likeness (QED) is 0.450. The van der Waals surface area contributed by atoms with E-state index in [2.05, 4.69) is 26.5 Å². The molecule has 4 rings (SSSR count). The number of hydrogen-bond acceptors (Lipinski definition) is 8. The monoisotopic (exact) mass is 456 g/mol. The van der Waals surface area contributed by atoms with Crippen molar-refractivity contribution in [1.29, 1.82) is 5.26 Å². The van der Waals surface area contributed by atoms with Crippen molar-refractivity contribution >= 4 is 11.6 Å². The first-order valence-electron chi connectivity index (χ1n) is 10.3. The molecule has 10 heteroatoms. The third kappa shape index (κ3) is 4.14. The van der Waals surface area contributed by atoms with Crippen LogP contribution in [0.15, 0.2) is 70.4 Å². The zero-order valence-electron chi connectivity index (χ0n) is 18.3. The van der Waals surface area contributed by atoms with Crippen molar-refractivity contribution in [2.75, 3.05) is 5.32 Å². The minimum absolute atomic E-state index is 0.248. The number of nitriles is 1. The van der Waals surface area contributed by atoms with Crippen molar-refractivity contribution in [1.82, 2.24) is 19.7 Å². The first-order valence-corrected chi connectivity index (χ1v) is 10.3. The molecule has 0 bridgehead atoms. The Balaban J connectivity index is 1.86. The Morgan fingerprint density at radius 1 is 1.24 bits per heavy atom. The molecule has 0 saturated carbocycles. The molecule has 0 fully saturated rings. The third-order valence-corrected chi connectivity index (χ3v) is 5.55. The first-order chi connectivity index (χ1) is 16.4. The minimum Gasteiger partial charge on any atom is -0.501 e. The summed E-state index contributed by atoms with van der Waals surface area (Å²) in [7, 11) is 1.47. The Labute approximate surface area is 194 Å².